The van der Waals surface area contributed by atoms with E-state index in [-0.39, 0.29) is 36.8 Å². The molecule has 42 heavy (non-hydrogen) atoms. The Morgan fingerprint density at radius 3 is 2.00 bits per heavy atom. The number of ether oxygens (including phenoxy) is 2. The molecule has 2 aromatic rings. The SMILES string of the molecule is CO[C@H]1[C@H](CNC(=O)c2cc(Br)c(Br)[nH]2)[C@@H](CNC(=O)c2cc(Br)c(Br)[nH]2)[C@@H]2[C@]3(O)NC(N)=[NH+][C@@H]3O[C@@H]3[NH+]=C(N)N[C@]231. The molecular formula is C23H28Br4N10O5+2. The van der Waals surface area contributed by atoms with E-state index in [4.69, 9.17) is 20.9 Å². The van der Waals surface area contributed by atoms with Crippen LogP contribution in [0.4, 0.5) is 0 Å². The third-order valence-electron chi connectivity index (χ3n) is 8.38. The molecule has 1 saturated heterocycles. The summed E-state index contributed by atoms with van der Waals surface area (Å²) in [6.07, 6.45) is -2.36. The van der Waals surface area contributed by atoms with Crippen LogP contribution in [-0.4, -0.2) is 88.8 Å². The number of hydrogen-bond donors (Lipinski definition) is 11. The van der Waals surface area contributed by atoms with E-state index in [0.29, 0.717) is 29.5 Å². The van der Waals surface area contributed by atoms with Crippen LogP contribution in [0.5, 0.6) is 0 Å². The Morgan fingerprint density at radius 2 is 1.48 bits per heavy atom. The zero-order valence-corrected chi connectivity index (χ0v) is 28.1. The summed E-state index contributed by atoms with van der Waals surface area (Å²) in [6, 6.07) is 3.31. The second-order valence-electron chi connectivity index (χ2n) is 10.6. The maximum atomic E-state index is 13.2. The Kier molecular flexibility index (Phi) is 7.67. The van der Waals surface area contributed by atoms with Crippen molar-refractivity contribution in [2.75, 3.05) is 20.2 Å². The number of methoxy groups -OCH3 is 1. The molecule has 226 valence electrons. The largest absolute Gasteiger partial charge is 0.377 e. The highest BCUT2D eigenvalue weighted by Crippen LogP contribution is 2.54. The molecule has 1 saturated carbocycles. The molecule has 6 rings (SSSR count). The monoisotopic (exact) mass is 840 g/mol. The molecular weight excluding hydrogens is 816 g/mol. The van der Waals surface area contributed by atoms with Crippen molar-refractivity contribution in [2.45, 2.75) is 29.8 Å². The van der Waals surface area contributed by atoms with Gasteiger partial charge in [0.2, 0.25) is 12.5 Å². The Labute approximate surface area is 272 Å². The van der Waals surface area contributed by atoms with E-state index in [1.807, 2.05) is 0 Å². The Hall–Kier alpha value is -2.16. The van der Waals surface area contributed by atoms with Crippen molar-refractivity contribution in [3.8, 4) is 0 Å². The van der Waals surface area contributed by atoms with Crippen molar-refractivity contribution < 1.29 is 34.2 Å². The summed E-state index contributed by atoms with van der Waals surface area (Å²) in [7, 11) is 1.55. The van der Waals surface area contributed by atoms with Gasteiger partial charge < -0.3 is 30.4 Å². The Bertz CT molecular complexity index is 1480. The molecule has 19 heteroatoms. The van der Waals surface area contributed by atoms with E-state index in [0.717, 1.165) is 0 Å². The van der Waals surface area contributed by atoms with Gasteiger partial charge in [-0.2, -0.15) is 0 Å². The van der Waals surface area contributed by atoms with Crippen molar-refractivity contribution in [1.82, 2.24) is 31.2 Å². The van der Waals surface area contributed by atoms with Crippen LogP contribution in [-0.2, 0) is 9.47 Å². The maximum absolute atomic E-state index is 13.2. The standard InChI is InChI=1S/C23H26Br4N10O5/c1-41-13-7(5-31-17(39)11-3-9(25)15(27)33-11)6(4-30-16(38)10-2-8(24)14(26)32-10)12-22(13)18(34-20(28)36-22)42-19-23(12,40)37-21(29)35-19/h2-3,6-7,12-13,18-19,32-33,40H,4-5H2,1H3,(H,30,38)(H,31,39)(H3,28,34,36)(H3,29,35,37)/p+2/t6-,7-,12+,13+,18+,19-,22+,23-/m1/s1. The molecule has 2 amide bonds. The van der Waals surface area contributed by atoms with E-state index in [9.17, 15) is 14.7 Å². The van der Waals surface area contributed by atoms with E-state index in [1.54, 1.807) is 19.2 Å². The molecule has 3 aliphatic heterocycles. The summed E-state index contributed by atoms with van der Waals surface area (Å²) in [5.41, 5.74) is 10.1. The highest BCUT2D eigenvalue weighted by atomic mass is 79.9. The molecule has 1 aliphatic carbocycles. The molecule has 5 heterocycles. The van der Waals surface area contributed by atoms with E-state index in [2.05, 4.69) is 105 Å². The highest BCUT2D eigenvalue weighted by Gasteiger charge is 2.81. The quantitative estimate of drug-likeness (QED) is 0.133. The molecule has 1 spiro atoms. The van der Waals surface area contributed by atoms with Gasteiger partial charge in [0.15, 0.2) is 5.54 Å². The molecule has 8 atom stereocenters. The van der Waals surface area contributed by atoms with Gasteiger partial charge in [0.25, 0.3) is 17.5 Å². The van der Waals surface area contributed by atoms with Crippen LogP contribution < -0.4 is 42.7 Å². The minimum absolute atomic E-state index is 0.102. The lowest BCUT2D eigenvalue weighted by atomic mass is 9.71. The number of nitrogens with one attached hydrogen (secondary N) is 8. The number of H-pyrrole nitrogens is 2. The summed E-state index contributed by atoms with van der Waals surface area (Å²) < 4.78 is 15.0. The van der Waals surface area contributed by atoms with Crippen LogP contribution in [0, 0.1) is 17.8 Å². The minimum Gasteiger partial charge on any atom is -0.377 e. The smallest absolute Gasteiger partial charge is 0.345 e. The van der Waals surface area contributed by atoms with Crippen molar-refractivity contribution in [1.29, 1.82) is 0 Å². The number of nitrogens with two attached hydrogens (primary N) is 2. The van der Waals surface area contributed by atoms with Gasteiger partial charge in [0, 0.05) is 26.1 Å². The predicted octanol–water partition coefficient (Wildman–Crippen LogP) is -3.46. The van der Waals surface area contributed by atoms with Crippen LogP contribution >= 0.6 is 63.7 Å². The summed E-state index contributed by atoms with van der Waals surface area (Å²) in [6.45, 7) is 0.232. The number of halogens is 4. The number of fused-ring (bicyclic) bond motifs is 2. The average molecular weight is 844 g/mol. The zero-order chi connectivity index (χ0) is 30.1. The van der Waals surface area contributed by atoms with Crippen molar-refractivity contribution in [2.24, 2.45) is 29.2 Å². The number of carbonyl (C=O) groups excluding carboxylic acids is 2. The summed E-state index contributed by atoms with van der Waals surface area (Å²) in [5, 5.41) is 24.4. The lowest BCUT2D eigenvalue weighted by molar-refractivity contribution is -0.662. The number of carbonyl (C=O) groups is 2. The summed E-state index contributed by atoms with van der Waals surface area (Å²) in [4.78, 5) is 38.4. The van der Waals surface area contributed by atoms with Gasteiger partial charge in [-0.1, -0.05) is 0 Å². The van der Waals surface area contributed by atoms with Crippen molar-refractivity contribution >= 4 is 87.5 Å². The first-order valence-corrected chi connectivity index (χ1v) is 16.0. The second kappa shape index (κ2) is 10.8. The van der Waals surface area contributed by atoms with Crippen molar-refractivity contribution in [3.63, 3.8) is 0 Å². The fraction of sp³-hybridized carbons (Fsp3) is 0.478. The van der Waals surface area contributed by atoms with Crippen LogP contribution in [0.25, 0.3) is 0 Å². The van der Waals surface area contributed by atoms with Crippen LogP contribution in [0.2, 0.25) is 0 Å². The number of hydrogen-bond acceptors (Lipinski definition) is 9. The third kappa shape index (κ3) is 4.58. The number of amides is 2. The first-order chi connectivity index (χ1) is 19.9. The fourth-order valence-electron chi connectivity index (χ4n) is 6.90. The highest BCUT2D eigenvalue weighted by molar-refractivity contribution is 9.13. The lowest BCUT2D eigenvalue weighted by Gasteiger charge is -2.48. The maximum Gasteiger partial charge on any atom is 0.345 e. The van der Waals surface area contributed by atoms with Crippen molar-refractivity contribution in [3.05, 3.63) is 41.7 Å². The molecule has 4 aliphatic rings. The van der Waals surface area contributed by atoms with Gasteiger partial charge in [-0.3, -0.25) is 31.1 Å². The first kappa shape index (κ1) is 29.9. The zero-order valence-electron chi connectivity index (χ0n) is 21.8. The van der Waals surface area contributed by atoms with Gasteiger partial charge >= 0.3 is 11.9 Å². The van der Waals surface area contributed by atoms with Crippen LogP contribution in [0.3, 0.4) is 0 Å². The molecule has 0 bridgehead atoms. The van der Waals surface area contributed by atoms with E-state index < -0.39 is 47.6 Å². The Morgan fingerprint density at radius 1 is 0.952 bits per heavy atom. The van der Waals surface area contributed by atoms with Gasteiger partial charge in [-0.05, 0) is 81.8 Å². The molecule has 15 nitrogen and oxygen atoms in total. The van der Waals surface area contributed by atoms with Gasteiger partial charge in [0.1, 0.15) is 17.5 Å². The number of rotatable bonds is 7. The van der Waals surface area contributed by atoms with Gasteiger partial charge in [-0.15, -0.1) is 0 Å². The molecule has 0 aromatic carbocycles. The fourth-order valence-corrected chi connectivity index (χ4v) is 8.21. The van der Waals surface area contributed by atoms with Crippen LogP contribution in [0.15, 0.2) is 30.3 Å². The average Bonchev–Trinajstić information content (AvgIpc) is 3.68. The molecule has 2 aromatic heterocycles. The first-order valence-electron chi connectivity index (χ1n) is 12.8. The topological polar surface area (TPSA) is 233 Å². The Balaban J connectivity index is 1.36. The van der Waals surface area contributed by atoms with E-state index in [1.165, 1.54) is 0 Å². The van der Waals surface area contributed by atoms with E-state index >= 15 is 0 Å². The lowest BCUT2D eigenvalue weighted by Crippen LogP contribution is -2.93. The predicted molar refractivity (Wildman–Crippen MR) is 161 cm³/mol. The molecule has 13 N–H and O–H groups in total. The van der Waals surface area contributed by atoms with Gasteiger partial charge in [-0.25, -0.2) is 15.3 Å². The number of aliphatic hydroxyl groups is 1. The van der Waals surface area contributed by atoms with Gasteiger partial charge in [0.05, 0.1) is 24.1 Å². The summed E-state index contributed by atoms with van der Waals surface area (Å²) in [5.74, 6) is -2.00. The molecule has 0 radical (unpaired) electrons. The number of aromatic nitrogens is 2. The molecule has 2 fully saturated rings. The normalized spacial score (nSPS) is 34.4. The minimum atomic E-state index is -1.74. The number of aromatic amines is 2. The molecule has 0 unspecified atom stereocenters. The second-order valence-corrected chi connectivity index (χ2v) is 13.9. The van der Waals surface area contributed by atoms with Crippen LogP contribution in [0.1, 0.15) is 21.0 Å². The third-order valence-corrected chi connectivity index (χ3v) is 11.9. The summed E-state index contributed by atoms with van der Waals surface area (Å²) >= 11 is 13.5. The number of guanidine groups is 2.